The van der Waals surface area contributed by atoms with E-state index in [0.717, 1.165) is 0 Å². The second-order valence-corrected chi connectivity index (χ2v) is 2.62. The topological polar surface area (TPSA) is 42.2 Å². The molecule has 4 heteroatoms. The van der Waals surface area contributed by atoms with Gasteiger partial charge in [0.2, 0.25) is 0 Å². The first-order chi connectivity index (χ1) is 5.76. The Morgan fingerprint density at radius 3 is 2.17 bits per heavy atom. The van der Waals surface area contributed by atoms with Gasteiger partial charge in [-0.25, -0.2) is 0 Å². The van der Waals surface area contributed by atoms with Gasteiger partial charge >= 0.3 is 7.12 Å². The molecule has 0 N–H and O–H groups in total. The standard InChI is InChI=1S/C8H16BNO2/c1-4-11-9(12-5-2)8(3)6-7-10/h8H,4-6H2,1-3H3. The minimum Gasteiger partial charge on any atom is -0.411 e. The molecule has 0 fully saturated rings. The molecule has 0 spiro atoms. The van der Waals surface area contributed by atoms with Crippen molar-refractivity contribution in [1.29, 1.82) is 5.26 Å². The summed E-state index contributed by atoms with van der Waals surface area (Å²) >= 11 is 0. The Labute approximate surface area is 74.8 Å². The van der Waals surface area contributed by atoms with Crippen LogP contribution in [0.2, 0.25) is 5.82 Å². The molecule has 1 unspecified atom stereocenters. The van der Waals surface area contributed by atoms with Crippen LogP contribution in [0.3, 0.4) is 0 Å². The van der Waals surface area contributed by atoms with Crippen LogP contribution in [-0.2, 0) is 9.31 Å². The van der Waals surface area contributed by atoms with Crippen molar-refractivity contribution < 1.29 is 9.31 Å². The zero-order chi connectivity index (χ0) is 9.40. The summed E-state index contributed by atoms with van der Waals surface area (Å²) in [6.07, 6.45) is 0.477. The third-order valence-corrected chi connectivity index (χ3v) is 1.54. The highest BCUT2D eigenvalue weighted by atomic mass is 16.6. The molecule has 0 heterocycles. The molecule has 0 aromatic carbocycles. The Hall–Kier alpha value is -0.525. The Kier molecular flexibility index (Phi) is 6.83. The summed E-state index contributed by atoms with van der Waals surface area (Å²) in [7, 11) is -0.223. The van der Waals surface area contributed by atoms with E-state index < -0.39 is 0 Å². The highest BCUT2D eigenvalue weighted by molar-refractivity contribution is 6.46. The van der Waals surface area contributed by atoms with Gasteiger partial charge in [-0.2, -0.15) is 5.26 Å². The lowest BCUT2D eigenvalue weighted by Gasteiger charge is -2.16. The molecule has 12 heavy (non-hydrogen) atoms. The van der Waals surface area contributed by atoms with E-state index in [4.69, 9.17) is 14.6 Å². The zero-order valence-electron chi connectivity index (χ0n) is 8.04. The summed E-state index contributed by atoms with van der Waals surface area (Å²) in [4.78, 5) is 0. The first-order valence-corrected chi connectivity index (χ1v) is 4.36. The zero-order valence-corrected chi connectivity index (χ0v) is 8.04. The maximum Gasteiger partial charge on any atom is 0.460 e. The van der Waals surface area contributed by atoms with Crippen LogP contribution in [0.5, 0.6) is 0 Å². The van der Waals surface area contributed by atoms with Crippen molar-refractivity contribution in [2.24, 2.45) is 0 Å². The molecule has 0 aliphatic carbocycles. The second kappa shape index (κ2) is 7.14. The fourth-order valence-electron chi connectivity index (χ4n) is 0.945. The fraction of sp³-hybridized carbons (Fsp3) is 0.875. The minimum atomic E-state index is -0.223. The molecular weight excluding hydrogens is 153 g/mol. The van der Waals surface area contributed by atoms with Gasteiger partial charge in [0.1, 0.15) is 0 Å². The summed E-state index contributed by atoms with van der Waals surface area (Å²) in [6.45, 7) is 7.05. The highest BCUT2D eigenvalue weighted by Gasteiger charge is 2.24. The van der Waals surface area contributed by atoms with E-state index >= 15 is 0 Å². The third kappa shape index (κ3) is 4.37. The van der Waals surface area contributed by atoms with Gasteiger partial charge in [-0.3, -0.25) is 0 Å². The van der Waals surface area contributed by atoms with Crippen molar-refractivity contribution in [2.45, 2.75) is 33.0 Å². The average Bonchev–Trinajstić information content (AvgIpc) is 2.04. The molecular formula is C8H16BNO2. The lowest BCUT2D eigenvalue weighted by molar-refractivity contribution is 0.205. The van der Waals surface area contributed by atoms with Crippen LogP contribution >= 0.6 is 0 Å². The van der Waals surface area contributed by atoms with Crippen LogP contribution in [0.15, 0.2) is 0 Å². The summed E-state index contributed by atoms with van der Waals surface area (Å²) in [5, 5.41) is 8.46. The molecule has 0 radical (unpaired) electrons. The van der Waals surface area contributed by atoms with E-state index in [2.05, 4.69) is 6.07 Å². The molecule has 68 valence electrons. The van der Waals surface area contributed by atoms with Crippen LogP contribution in [0.25, 0.3) is 0 Å². The first kappa shape index (κ1) is 11.5. The van der Waals surface area contributed by atoms with Crippen LogP contribution in [-0.4, -0.2) is 20.3 Å². The Balaban J connectivity index is 3.82. The summed E-state index contributed by atoms with van der Waals surface area (Å²) < 4.78 is 10.6. The lowest BCUT2D eigenvalue weighted by atomic mass is 9.71. The fourth-order valence-corrected chi connectivity index (χ4v) is 0.945. The summed E-state index contributed by atoms with van der Waals surface area (Å²) in [5.41, 5.74) is 0. The van der Waals surface area contributed by atoms with Crippen LogP contribution < -0.4 is 0 Å². The van der Waals surface area contributed by atoms with Gasteiger partial charge in [0, 0.05) is 25.5 Å². The molecule has 0 aliphatic heterocycles. The van der Waals surface area contributed by atoms with Gasteiger partial charge in [-0.1, -0.05) is 6.92 Å². The van der Waals surface area contributed by atoms with Gasteiger partial charge in [0.05, 0.1) is 6.07 Å². The predicted octanol–water partition coefficient (Wildman–Crippen LogP) is 1.85. The third-order valence-electron chi connectivity index (χ3n) is 1.54. The van der Waals surface area contributed by atoms with Crippen LogP contribution in [0.1, 0.15) is 27.2 Å². The van der Waals surface area contributed by atoms with Gasteiger partial charge in [0.25, 0.3) is 0 Å². The lowest BCUT2D eigenvalue weighted by Crippen LogP contribution is -2.27. The number of rotatable bonds is 6. The number of hydrogen-bond donors (Lipinski definition) is 0. The minimum absolute atomic E-state index is 0.148. The molecule has 0 aromatic rings. The highest BCUT2D eigenvalue weighted by Crippen LogP contribution is 2.15. The van der Waals surface area contributed by atoms with Crippen molar-refractivity contribution >= 4 is 7.12 Å². The average molecular weight is 169 g/mol. The predicted molar refractivity (Wildman–Crippen MR) is 48.7 cm³/mol. The maximum absolute atomic E-state index is 8.46. The van der Waals surface area contributed by atoms with Crippen molar-refractivity contribution in [2.75, 3.05) is 13.2 Å². The molecule has 0 aromatic heterocycles. The van der Waals surface area contributed by atoms with Crippen molar-refractivity contribution in [3.8, 4) is 6.07 Å². The van der Waals surface area contributed by atoms with Gasteiger partial charge in [-0.15, -0.1) is 0 Å². The van der Waals surface area contributed by atoms with E-state index in [-0.39, 0.29) is 12.9 Å². The van der Waals surface area contributed by atoms with Gasteiger partial charge in [-0.05, 0) is 13.8 Å². The van der Waals surface area contributed by atoms with Crippen molar-refractivity contribution in [1.82, 2.24) is 0 Å². The number of nitrogens with zero attached hydrogens (tertiary/aromatic N) is 1. The van der Waals surface area contributed by atoms with Gasteiger partial charge in [0.15, 0.2) is 0 Å². The van der Waals surface area contributed by atoms with E-state index in [9.17, 15) is 0 Å². The summed E-state index contributed by atoms with van der Waals surface area (Å²) in [6, 6.07) is 2.10. The maximum atomic E-state index is 8.46. The Morgan fingerprint density at radius 1 is 1.33 bits per heavy atom. The Morgan fingerprint density at radius 2 is 1.83 bits per heavy atom. The summed E-state index contributed by atoms with van der Waals surface area (Å²) in [5.74, 6) is 0.148. The SMILES string of the molecule is CCOB(OCC)C(C)CC#N. The van der Waals surface area contributed by atoms with E-state index in [1.54, 1.807) is 0 Å². The van der Waals surface area contributed by atoms with Gasteiger partial charge < -0.3 is 9.31 Å². The molecule has 0 aliphatic rings. The van der Waals surface area contributed by atoms with Crippen LogP contribution in [0.4, 0.5) is 0 Å². The normalized spacial score (nSPS) is 12.2. The Bertz CT molecular complexity index is 140. The molecule has 0 rings (SSSR count). The molecule has 0 saturated carbocycles. The molecule has 0 bridgehead atoms. The molecule has 3 nitrogen and oxygen atoms in total. The largest absolute Gasteiger partial charge is 0.460 e. The second-order valence-electron chi connectivity index (χ2n) is 2.62. The first-order valence-electron chi connectivity index (χ1n) is 4.36. The van der Waals surface area contributed by atoms with E-state index in [1.165, 1.54) is 0 Å². The number of nitriles is 1. The molecule has 0 saturated heterocycles. The molecule has 1 atom stereocenters. The van der Waals surface area contributed by atoms with E-state index in [1.807, 2.05) is 20.8 Å². The smallest absolute Gasteiger partial charge is 0.411 e. The van der Waals surface area contributed by atoms with Crippen LogP contribution in [0, 0.1) is 11.3 Å². The quantitative estimate of drug-likeness (QED) is 0.569. The van der Waals surface area contributed by atoms with Crippen molar-refractivity contribution in [3.05, 3.63) is 0 Å². The monoisotopic (exact) mass is 169 g/mol. The molecule has 0 amide bonds. The van der Waals surface area contributed by atoms with Crippen molar-refractivity contribution in [3.63, 3.8) is 0 Å². The van der Waals surface area contributed by atoms with E-state index in [0.29, 0.717) is 19.6 Å². The number of hydrogen-bond acceptors (Lipinski definition) is 3.